The summed E-state index contributed by atoms with van der Waals surface area (Å²) in [4.78, 5) is 0. The van der Waals surface area contributed by atoms with Gasteiger partial charge in [0.15, 0.2) is 0 Å². The number of aromatic hydroxyl groups is 1. The van der Waals surface area contributed by atoms with Gasteiger partial charge in [0, 0.05) is 5.56 Å². The Bertz CT molecular complexity index is 564. The lowest BCUT2D eigenvalue weighted by Crippen LogP contribution is -1.96. The van der Waals surface area contributed by atoms with Crippen molar-refractivity contribution in [1.82, 2.24) is 0 Å². The Morgan fingerprint density at radius 2 is 1.68 bits per heavy atom. The molecule has 1 unspecified atom stereocenters. The molecule has 0 bridgehead atoms. The summed E-state index contributed by atoms with van der Waals surface area (Å²) >= 11 is 0. The fourth-order valence-electron chi connectivity index (χ4n) is 2.62. The molecule has 0 aliphatic heterocycles. The highest BCUT2D eigenvalue weighted by Gasteiger charge is 2.14. The van der Waals surface area contributed by atoms with E-state index in [-0.39, 0.29) is 0 Å². The second kappa shape index (κ2) is 5.48. The largest absolute Gasteiger partial charge is 0.507 e. The number of hydrogen-bond donors (Lipinski definition) is 1. The van der Waals surface area contributed by atoms with E-state index in [2.05, 4.69) is 52.0 Å². The van der Waals surface area contributed by atoms with E-state index in [9.17, 15) is 5.11 Å². The standard InChI is InChI=1S/C18H22O/c1-5-14(4)16-7-6-8-17(19)18(16)15-10-12(2)9-13(3)11-15/h6-11,14,19H,5H2,1-4H3. The Hall–Kier alpha value is -1.76. The van der Waals surface area contributed by atoms with Crippen molar-refractivity contribution >= 4 is 0 Å². The van der Waals surface area contributed by atoms with Crippen LogP contribution in [0.5, 0.6) is 5.75 Å². The summed E-state index contributed by atoms with van der Waals surface area (Å²) in [5.74, 6) is 0.825. The van der Waals surface area contributed by atoms with Crippen molar-refractivity contribution in [3.8, 4) is 16.9 Å². The molecule has 0 aromatic heterocycles. The van der Waals surface area contributed by atoms with E-state index >= 15 is 0 Å². The van der Waals surface area contributed by atoms with Gasteiger partial charge in [0.1, 0.15) is 5.75 Å². The summed E-state index contributed by atoms with van der Waals surface area (Å²) in [5.41, 5.74) is 5.80. The summed E-state index contributed by atoms with van der Waals surface area (Å²) in [6, 6.07) is 12.3. The van der Waals surface area contributed by atoms with Crippen LogP contribution in [0.4, 0.5) is 0 Å². The first-order valence-corrected chi connectivity index (χ1v) is 6.93. The summed E-state index contributed by atoms with van der Waals surface area (Å²) in [6.07, 6.45) is 1.07. The van der Waals surface area contributed by atoms with Gasteiger partial charge in [-0.15, -0.1) is 0 Å². The number of rotatable bonds is 3. The first-order valence-electron chi connectivity index (χ1n) is 6.93. The molecule has 19 heavy (non-hydrogen) atoms. The molecule has 1 heteroatoms. The molecule has 1 atom stereocenters. The number of phenolic OH excluding ortho intramolecular Hbond substituents is 1. The number of aryl methyl sites for hydroxylation is 2. The molecule has 0 aliphatic rings. The number of hydrogen-bond acceptors (Lipinski definition) is 1. The molecule has 0 saturated carbocycles. The molecule has 1 N–H and O–H groups in total. The van der Waals surface area contributed by atoms with Crippen molar-refractivity contribution in [1.29, 1.82) is 0 Å². The smallest absolute Gasteiger partial charge is 0.123 e. The quantitative estimate of drug-likeness (QED) is 0.799. The van der Waals surface area contributed by atoms with E-state index in [1.807, 2.05) is 6.07 Å². The lowest BCUT2D eigenvalue weighted by Gasteiger charge is -2.17. The summed E-state index contributed by atoms with van der Waals surface area (Å²) in [6.45, 7) is 8.58. The van der Waals surface area contributed by atoms with Crippen LogP contribution in [-0.2, 0) is 0 Å². The fraction of sp³-hybridized carbons (Fsp3) is 0.333. The van der Waals surface area contributed by atoms with E-state index in [4.69, 9.17) is 0 Å². The topological polar surface area (TPSA) is 20.2 Å². The molecule has 2 rings (SSSR count). The van der Waals surface area contributed by atoms with Crippen molar-refractivity contribution < 1.29 is 5.11 Å². The highest BCUT2D eigenvalue weighted by molar-refractivity contribution is 5.75. The zero-order valence-electron chi connectivity index (χ0n) is 12.2. The van der Waals surface area contributed by atoms with Crippen molar-refractivity contribution in [2.45, 2.75) is 40.0 Å². The Labute approximate surface area is 115 Å². The van der Waals surface area contributed by atoms with Gasteiger partial charge in [0.25, 0.3) is 0 Å². The molecule has 0 fully saturated rings. The van der Waals surface area contributed by atoms with E-state index in [0.717, 1.165) is 17.5 Å². The molecule has 0 saturated heterocycles. The SMILES string of the molecule is CCC(C)c1cccc(O)c1-c1cc(C)cc(C)c1. The fourth-order valence-corrected chi connectivity index (χ4v) is 2.62. The molecule has 0 heterocycles. The van der Waals surface area contributed by atoms with Gasteiger partial charge in [-0.05, 0) is 43.4 Å². The van der Waals surface area contributed by atoms with E-state index in [1.165, 1.54) is 16.7 Å². The average molecular weight is 254 g/mol. The third-order valence-corrected chi connectivity index (χ3v) is 3.73. The zero-order valence-corrected chi connectivity index (χ0v) is 12.2. The van der Waals surface area contributed by atoms with Gasteiger partial charge in [0.2, 0.25) is 0 Å². The lowest BCUT2D eigenvalue weighted by atomic mass is 9.88. The van der Waals surface area contributed by atoms with Crippen molar-refractivity contribution in [3.63, 3.8) is 0 Å². The Morgan fingerprint density at radius 1 is 1.05 bits per heavy atom. The van der Waals surface area contributed by atoms with Crippen LogP contribution in [0.25, 0.3) is 11.1 Å². The lowest BCUT2D eigenvalue weighted by molar-refractivity contribution is 0.476. The molecule has 0 radical (unpaired) electrons. The monoisotopic (exact) mass is 254 g/mol. The second-order valence-electron chi connectivity index (χ2n) is 5.43. The van der Waals surface area contributed by atoms with Gasteiger partial charge in [0.05, 0.1) is 0 Å². The Balaban J connectivity index is 2.66. The molecule has 0 amide bonds. The minimum Gasteiger partial charge on any atom is -0.507 e. The van der Waals surface area contributed by atoms with Gasteiger partial charge in [-0.2, -0.15) is 0 Å². The summed E-state index contributed by atoms with van der Waals surface area (Å²) in [7, 11) is 0. The van der Waals surface area contributed by atoms with Crippen LogP contribution in [0.3, 0.4) is 0 Å². The first-order chi connectivity index (χ1) is 9.02. The van der Waals surface area contributed by atoms with Gasteiger partial charge in [-0.25, -0.2) is 0 Å². The van der Waals surface area contributed by atoms with Crippen molar-refractivity contribution in [3.05, 3.63) is 53.1 Å². The normalized spacial score (nSPS) is 12.4. The van der Waals surface area contributed by atoms with Crippen LogP contribution in [0.15, 0.2) is 36.4 Å². The summed E-state index contributed by atoms with van der Waals surface area (Å²) < 4.78 is 0. The van der Waals surface area contributed by atoms with Crippen LogP contribution in [0, 0.1) is 13.8 Å². The van der Waals surface area contributed by atoms with Crippen LogP contribution < -0.4 is 0 Å². The highest BCUT2D eigenvalue weighted by atomic mass is 16.3. The van der Waals surface area contributed by atoms with Crippen molar-refractivity contribution in [2.24, 2.45) is 0 Å². The molecule has 0 spiro atoms. The molecule has 1 nitrogen and oxygen atoms in total. The van der Waals surface area contributed by atoms with Crippen LogP contribution >= 0.6 is 0 Å². The van der Waals surface area contributed by atoms with Gasteiger partial charge >= 0.3 is 0 Å². The predicted molar refractivity (Wildman–Crippen MR) is 81.7 cm³/mol. The van der Waals surface area contributed by atoms with E-state index in [1.54, 1.807) is 6.07 Å². The van der Waals surface area contributed by atoms with Crippen molar-refractivity contribution in [2.75, 3.05) is 0 Å². The Morgan fingerprint density at radius 3 is 2.26 bits per heavy atom. The van der Waals surface area contributed by atoms with E-state index < -0.39 is 0 Å². The third-order valence-electron chi connectivity index (χ3n) is 3.73. The number of benzene rings is 2. The minimum absolute atomic E-state index is 0.378. The maximum Gasteiger partial charge on any atom is 0.123 e. The van der Waals surface area contributed by atoms with Gasteiger partial charge < -0.3 is 5.11 Å². The maximum absolute atomic E-state index is 10.3. The van der Waals surface area contributed by atoms with E-state index in [0.29, 0.717) is 11.7 Å². The first kappa shape index (κ1) is 13.7. The predicted octanol–water partition coefficient (Wildman–Crippen LogP) is 5.19. The second-order valence-corrected chi connectivity index (χ2v) is 5.43. The highest BCUT2D eigenvalue weighted by Crippen LogP contribution is 2.38. The molecule has 2 aromatic carbocycles. The third kappa shape index (κ3) is 2.81. The molecular weight excluding hydrogens is 232 g/mol. The van der Waals surface area contributed by atoms with Crippen LogP contribution in [0.2, 0.25) is 0 Å². The minimum atomic E-state index is 0.378. The molecular formula is C18H22O. The van der Waals surface area contributed by atoms with Crippen LogP contribution in [0.1, 0.15) is 42.9 Å². The summed E-state index contributed by atoms with van der Waals surface area (Å²) in [5, 5.41) is 10.3. The van der Waals surface area contributed by atoms with Gasteiger partial charge in [-0.3, -0.25) is 0 Å². The number of phenols is 1. The van der Waals surface area contributed by atoms with Crippen LogP contribution in [-0.4, -0.2) is 5.11 Å². The molecule has 100 valence electrons. The average Bonchev–Trinajstić information content (AvgIpc) is 2.36. The maximum atomic E-state index is 10.3. The molecule has 2 aromatic rings. The van der Waals surface area contributed by atoms with Gasteiger partial charge in [-0.1, -0.05) is 55.3 Å². The molecule has 0 aliphatic carbocycles. The Kier molecular flexibility index (Phi) is 3.94. The zero-order chi connectivity index (χ0) is 14.0.